The third-order valence-corrected chi connectivity index (χ3v) is 10.6. The molecule has 2 aliphatic heterocycles. The van der Waals surface area contributed by atoms with Crippen molar-refractivity contribution in [2.75, 3.05) is 23.3 Å². The van der Waals surface area contributed by atoms with Gasteiger partial charge in [0.25, 0.3) is 0 Å². The molecule has 1 fully saturated rings. The molecule has 0 atom stereocenters. The first-order valence-corrected chi connectivity index (χ1v) is 17.0. The lowest BCUT2D eigenvalue weighted by Gasteiger charge is -2.46. The average Bonchev–Trinajstić information content (AvgIpc) is 3.12. The van der Waals surface area contributed by atoms with E-state index in [9.17, 15) is 0 Å². The second-order valence-corrected chi connectivity index (χ2v) is 13.3. The number of para-hydroxylation sites is 2. The van der Waals surface area contributed by atoms with Gasteiger partial charge in [0, 0.05) is 27.9 Å². The number of nitrogens with zero attached hydrogens (tertiary/aromatic N) is 2. The van der Waals surface area contributed by atoms with E-state index in [-0.39, 0.29) is 5.41 Å². The van der Waals surface area contributed by atoms with Crippen LogP contribution in [0, 0.1) is 5.92 Å². The summed E-state index contributed by atoms with van der Waals surface area (Å²) < 4.78 is 13.4. The molecule has 4 aromatic carbocycles. The molecule has 0 unspecified atom stereocenters. The quantitative estimate of drug-likeness (QED) is 0.176. The largest absolute Gasteiger partial charge is 0.472 e. The molecule has 236 valence electrons. The van der Waals surface area contributed by atoms with Gasteiger partial charge in [-0.05, 0) is 78.1 Å². The van der Waals surface area contributed by atoms with Gasteiger partial charge in [-0.3, -0.25) is 0 Å². The lowest BCUT2D eigenvalue weighted by Crippen LogP contribution is -2.41. The summed E-state index contributed by atoms with van der Waals surface area (Å²) >= 11 is 0. The molecule has 0 radical (unpaired) electrons. The van der Waals surface area contributed by atoms with E-state index in [1.165, 1.54) is 76.9 Å². The molecule has 4 aromatic rings. The van der Waals surface area contributed by atoms with Gasteiger partial charge < -0.3 is 19.3 Å². The van der Waals surface area contributed by atoms with E-state index >= 15 is 0 Å². The van der Waals surface area contributed by atoms with Crippen molar-refractivity contribution in [3.8, 4) is 11.5 Å². The number of ether oxygens (including phenoxy) is 2. The summed E-state index contributed by atoms with van der Waals surface area (Å²) in [6, 6.07) is 30.8. The molecule has 0 N–H and O–H groups in total. The summed E-state index contributed by atoms with van der Waals surface area (Å²) in [4.78, 5) is 4.74. The Hall–Kier alpha value is -4.44. The summed E-state index contributed by atoms with van der Waals surface area (Å²) in [5.74, 6) is 2.60. The number of allylic oxidation sites excluding steroid dienone is 2. The second-order valence-electron chi connectivity index (χ2n) is 13.3. The molecular weight excluding hydrogens is 564 g/mol. The van der Waals surface area contributed by atoms with E-state index in [1.807, 2.05) is 12.2 Å². The van der Waals surface area contributed by atoms with E-state index in [4.69, 9.17) is 9.47 Å². The van der Waals surface area contributed by atoms with Crippen LogP contribution in [-0.2, 0) is 31.3 Å². The Morgan fingerprint density at radius 1 is 0.652 bits per heavy atom. The fourth-order valence-electron chi connectivity index (χ4n) is 8.26. The van der Waals surface area contributed by atoms with Gasteiger partial charge in [0.15, 0.2) is 13.5 Å². The van der Waals surface area contributed by atoms with Crippen LogP contribution in [0.4, 0.5) is 11.4 Å². The van der Waals surface area contributed by atoms with E-state index in [0.29, 0.717) is 19.4 Å². The average molecular weight is 611 g/mol. The summed E-state index contributed by atoms with van der Waals surface area (Å²) in [7, 11) is 0. The van der Waals surface area contributed by atoms with Gasteiger partial charge in [-0.15, -0.1) is 13.2 Å². The first kappa shape index (κ1) is 30.2. The van der Waals surface area contributed by atoms with Crippen molar-refractivity contribution in [2.24, 2.45) is 5.92 Å². The van der Waals surface area contributed by atoms with Crippen molar-refractivity contribution < 1.29 is 9.47 Å². The number of hydrogen-bond donors (Lipinski definition) is 0. The van der Waals surface area contributed by atoms with Gasteiger partial charge in [-0.2, -0.15) is 0 Å². The molecule has 3 aliphatic rings. The Bertz CT molecular complexity index is 1580. The van der Waals surface area contributed by atoms with Crippen LogP contribution in [0.2, 0.25) is 0 Å². The van der Waals surface area contributed by atoms with Crippen LogP contribution in [0.5, 0.6) is 11.5 Å². The van der Waals surface area contributed by atoms with Gasteiger partial charge in [0.2, 0.25) is 0 Å². The van der Waals surface area contributed by atoms with Crippen molar-refractivity contribution in [3.63, 3.8) is 0 Å². The monoisotopic (exact) mass is 610 g/mol. The predicted molar refractivity (Wildman–Crippen MR) is 190 cm³/mol. The molecule has 4 nitrogen and oxygen atoms in total. The minimum Gasteiger partial charge on any atom is -0.472 e. The molecule has 2 heterocycles. The number of hydrogen-bond acceptors (Lipinski definition) is 4. The van der Waals surface area contributed by atoms with Crippen LogP contribution >= 0.6 is 0 Å². The van der Waals surface area contributed by atoms with Crippen molar-refractivity contribution in [1.29, 1.82) is 0 Å². The Kier molecular flexibility index (Phi) is 8.62. The lowest BCUT2D eigenvalue weighted by atomic mass is 9.60. The number of anilines is 2. The molecule has 7 rings (SSSR count). The third-order valence-electron chi connectivity index (χ3n) is 10.6. The fourth-order valence-corrected chi connectivity index (χ4v) is 8.26. The molecule has 1 aliphatic carbocycles. The van der Waals surface area contributed by atoms with Crippen molar-refractivity contribution in [1.82, 2.24) is 0 Å². The van der Waals surface area contributed by atoms with Gasteiger partial charge in [0.1, 0.15) is 11.5 Å². The molecule has 1 saturated carbocycles. The zero-order valence-corrected chi connectivity index (χ0v) is 27.2. The summed E-state index contributed by atoms with van der Waals surface area (Å²) in [5.41, 5.74) is 9.96. The lowest BCUT2D eigenvalue weighted by molar-refractivity contribution is 0.240. The Morgan fingerprint density at radius 2 is 1.11 bits per heavy atom. The topological polar surface area (TPSA) is 24.9 Å². The van der Waals surface area contributed by atoms with Crippen LogP contribution < -0.4 is 19.3 Å². The van der Waals surface area contributed by atoms with Crippen LogP contribution in [0.15, 0.2) is 110 Å². The van der Waals surface area contributed by atoms with Crippen molar-refractivity contribution in [2.45, 2.75) is 70.4 Å². The maximum atomic E-state index is 6.71. The highest BCUT2D eigenvalue weighted by Gasteiger charge is 2.44. The zero-order chi connectivity index (χ0) is 31.5. The molecule has 0 bridgehead atoms. The SMILES string of the molecule is C=CCc1ccc(C(C)(c2ccc(CC=C)c3c2CN(c2ccccc2)CO3)C2CCCCC2)c2c1OCN(c1ccccc1)C2. The summed E-state index contributed by atoms with van der Waals surface area (Å²) in [5, 5.41) is 0. The third kappa shape index (κ3) is 5.48. The Labute approximate surface area is 275 Å². The van der Waals surface area contributed by atoms with Crippen LogP contribution in [0.1, 0.15) is 72.4 Å². The number of rotatable bonds is 9. The van der Waals surface area contributed by atoms with Gasteiger partial charge in [0.05, 0.1) is 13.1 Å². The highest BCUT2D eigenvalue weighted by atomic mass is 16.5. The van der Waals surface area contributed by atoms with Crippen LogP contribution in [0.3, 0.4) is 0 Å². The fraction of sp³-hybridized carbons (Fsp3) is 0.333. The highest BCUT2D eigenvalue weighted by molar-refractivity contribution is 5.62. The van der Waals surface area contributed by atoms with E-state index < -0.39 is 0 Å². The Morgan fingerprint density at radius 3 is 1.54 bits per heavy atom. The predicted octanol–water partition coefficient (Wildman–Crippen LogP) is 9.74. The molecule has 4 heteroatoms. The van der Waals surface area contributed by atoms with Gasteiger partial charge >= 0.3 is 0 Å². The van der Waals surface area contributed by atoms with E-state index in [2.05, 4.69) is 115 Å². The van der Waals surface area contributed by atoms with Gasteiger partial charge in [-0.25, -0.2) is 0 Å². The minimum atomic E-state index is -0.236. The Balaban J connectivity index is 1.43. The number of fused-ring (bicyclic) bond motifs is 2. The normalized spacial score (nSPS) is 16.5. The molecule has 0 saturated heterocycles. The maximum Gasteiger partial charge on any atom is 0.161 e. The zero-order valence-electron chi connectivity index (χ0n) is 27.2. The minimum absolute atomic E-state index is 0.236. The highest BCUT2D eigenvalue weighted by Crippen LogP contribution is 2.52. The van der Waals surface area contributed by atoms with Crippen molar-refractivity contribution in [3.05, 3.63) is 144 Å². The summed E-state index contributed by atoms with van der Waals surface area (Å²) in [6.45, 7) is 13.4. The number of benzene rings is 4. The van der Waals surface area contributed by atoms with Crippen LogP contribution in [0.25, 0.3) is 0 Å². The van der Waals surface area contributed by atoms with E-state index in [1.54, 1.807) is 0 Å². The molecule has 0 aromatic heterocycles. The molecule has 0 spiro atoms. The standard InChI is InChI=1S/C42H46N2O2/c1-4-15-31-23-25-38(36-27-43(29-45-40(31)36)34-19-11-7-12-20-34)42(3,33-17-9-6-10-18-33)39-26-24-32(16-5-2)41-37(39)28-44(30-46-41)35-21-13-8-14-22-35/h4-5,7-8,11-14,19-26,33H,1-2,6,9-10,15-18,27-30H2,3H3. The van der Waals surface area contributed by atoms with Crippen molar-refractivity contribution >= 4 is 11.4 Å². The first-order valence-electron chi connectivity index (χ1n) is 17.0. The molecular formula is C42H46N2O2. The maximum absolute atomic E-state index is 6.71. The van der Waals surface area contributed by atoms with Gasteiger partial charge in [-0.1, -0.05) is 99.0 Å². The summed E-state index contributed by atoms with van der Waals surface area (Å²) in [6.07, 6.45) is 11.9. The van der Waals surface area contributed by atoms with E-state index in [0.717, 1.165) is 37.4 Å². The molecule has 0 amide bonds. The smallest absolute Gasteiger partial charge is 0.161 e. The second kappa shape index (κ2) is 13.1. The first-order chi connectivity index (χ1) is 22.6. The van der Waals surface area contributed by atoms with Crippen LogP contribution in [-0.4, -0.2) is 13.5 Å². The molecule has 46 heavy (non-hydrogen) atoms.